The lowest BCUT2D eigenvalue weighted by Crippen LogP contribution is -2.36. The number of nitrogens with two attached hydrogens (primary N) is 1. The number of nitrogens with one attached hydrogen (secondary N) is 3. The third-order valence-electron chi connectivity index (χ3n) is 8.26. The average Bonchev–Trinajstić information content (AvgIpc) is 3.11. The number of carbonyl (C=O) groups excluding carboxylic acids is 3. The second kappa shape index (κ2) is 14.8. The summed E-state index contributed by atoms with van der Waals surface area (Å²) in [5, 5.41) is 8.62. The average molecular weight is 635 g/mol. The number of ether oxygens (including phenoxy) is 2. The fourth-order valence-corrected chi connectivity index (χ4v) is 5.64. The number of hydrogen-bond acceptors (Lipinski definition) is 8. The van der Waals surface area contributed by atoms with E-state index in [1.807, 2.05) is 48.5 Å². The number of benzene rings is 4. The number of morpholine rings is 2. The monoisotopic (exact) mass is 634 g/mol. The van der Waals surface area contributed by atoms with Crippen LogP contribution in [-0.2, 0) is 19.1 Å². The number of anilines is 6. The molecule has 0 aromatic heterocycles. The van der Waals surface area contributed by atoms with Crippen molar-refractivity contribution in [1.82, 2.24) is 0 Å². The molecule has 0 radical (unpaired) electrons. The molecule has 0 unspecified atom stereocenters. The summed E-state index contributed by atoms with van der Waals surface area (Å²) in [7, 11) is 0. The fourth-order valence-electron chi connectivity index (χ4n) is 5.64. The number of para-hydroxylation sites is 2. The fraction of sp³-hybridized carbons (Fsp3) is 0.250. The minimum atomic E-state index is -1.20. The number of amides is 3. The van der Waals surface area contributed by atoms with Gasteiger partial charge in [0.15, 0.2) is 0 Å². The Bertz CT molecular complexity index is 1610. The summed E-state index contributed by atoms with van der Waals surface area (Å²) in [5.74, 6) is -2.56. The highest BCUT2D eigenvalue weighted by molar-refractivity contribution is 6.15. The maximum Gasteiger partial charge on any atom is 0.255 e. The second-order valence-electron chi connectivity index (χ2n) is 11.4. The predicted molar refractivity (Wildman–Crippen MR) is 184 cm³/mol. The van der Waals surface area contributed by atoms with Crippen molar-refractivity contribution in [2.45, 2.75) is 5.92 Å². The summed E-state index contributed by atoms with van der Waals surface area (Å²) in [5.41, 5.74) is 10.9. The largest absolute Gasteiger partial charge is 0.397 e. The van der Waals surface area contributed by atoms with Crippen LogP contribution >= 0.6 is 0 Å². The zero-order chi connectivity index (χ0) is 32.6. The van der Waals surface area contributed by atoms with Crippen molar-refractivity contribution in [3.8, 4) is 0 Å². The second-order valence-corrected chi connectivity index (χ2v) is 11.4. The first-order chi connectivity index (χ1) is 22.9. The number of rotatable bonds is 9. The van der Waals surface area contributed by atoms with E-state index in [4.69, 9.17) is 15.2 Å². The van der Waals surface area contributed by atoms with Gasteiger partial charge < -0.3 is 41.0 Å². The van der Waals surface area contributed by atoms with Crippen LogP contribution in [-0.4, -0.2) is 70.3 Å². The van der Waals surface area contributed by atoms with Crippen molar-refractivity contribution in [1.29, 1.82) is 0 Å². The molecule has 47 heavy (non-hydrogen) atoms. The van der Waals surface area contributed by atoms with Gasteiger partial charge >= 0.3 is 0 Å². The first-order valence-electron chi connectivity index (χ1n) is 15.7. The molecule has 0 atom stereocenters. The molecule has 4 aromatic rings. The summed E-state index contributed by atoms with van der Waals surface area (Å²) >= 11 is 0. The van der Waals surface area contributed by atoms with Gasteiger partial charge in [-0.3, -0.25) is 14.4 Å². The molecular weight excluding hydrogens is 596 g/mol. The van der Waals surface area contributed by atoms with Gasteiger partial charge in [-0.2, -0.15) is 0 Å². The molecule has 3 amide bonds. The Morgan fingerprint density at radius 3 is 1.53 bits per heavy atom. The number of nitrogen functional groups attached to an aromatic ring is 1. The highest BCUT2D eigenvalue weighted by atomic mass is 16.5. The lowest BCUT2D eigenvalue weighted by molar-refractivity contribution is -0.126. The quantitative estimate of drug-likeness (QED) is 0.155. The Kier molecular flexibility index (Phi) is 9.95. The van der Waals surface area contributed by atoms with Crippen LogP contribution in [0, 0.1) is 0 Å². The van der Waals surface area contributed by atoms with E-state index in [0.29, 0.717) is 60.3 Å². The first kappa shape index (κ1) is 31.6. The molecule has 11 nitrogen and oxygen atoms in total. The van der Waals surface area contributed by atoms with E-state index in [1.165, 1.54) is 0 Å². The molecule has 6 rings (SSSR count). The first-order valence-corrected chi connectivity index (χ1v) is 15.7. The Morgan fingerprint density at radius 2 is 1.06 bits per heavy atom. The molecule has 2 aliphatic heterocycles. The molecule has 11 heteroatoms. The maximum atomic E-state index is 13.8. The number of hydrogen-bond donors (Lipinski definition) is 4. The van der Waals surface area contributed by atoms with Gasteiger partial charge in [0.05, 0.1) is 37.8 Å². The van der Waals surface area contributed by atoms with Crippen molar-refractivity contribution in [2.24, 2.45) is 0 Å². The van der Waals surface area contributed by atoms with E-state index in [0.717, 1.165) is 37.6 Å². The van der Waals surface area contributed by atoms with E-state index in [1.54, 1.807) is 48.5 Å². The minimum absolute atomic E-state index is 0.356. The third kappa shape index (κ3) is 7.89. The molecule has 0 bridgehead atoms. The van der Waals surface area contributed by atoms with Crippen LogP contribution in [0.25, 0.3) is 0 Å². The van der Waals surface area contributed by atoms with Crippen LogP contribution in [0.3, 0.4) is 0 Å². The molecular formula is C36H38N6O5. The molecule has 5 N–H and O–H groups in total. The zero-order valence-electron chi connectivity index (χ0n) is 26.0. The molecule has 0 saturated carbocycles. The zero-order valence-corrected chi connectivity index (χ0v) is 26.0. The smallest absolute Gasteiger partial charge is 0.255 e. The van der Waals surface area contributed by atoms with Gasteiger partial charge in [-0.25, -0.2) is 0 Å². The van der Waals surface area contributed by atoms with Gasteiger partial charge in [0.1, 0.15) is 5.92 Å². The molecule has 2 fully saturated rings. The molecule has 2 aliphatic rings. The molecule has 4 aromatic carbocycles. The Balaban J connectivity index is 1.20. The standard InChI is InChI=1S/C36H38N6O5/c37-31-3-1-2-4-32(31)40-34(43)26-7-5-25(6-8-26)33(35(44)38-27-9-13-29(14-10-27)41-17-21-46-22-18-41)36(45)39-28-11-15-30(16-12-28)42-19-23-47-24-20-42/h1-16,33H,17-24,37H2,(H,38,44)(H,39,45)(H,40,43). The topological polar surface area (TPSA) is 138 Å². The van der Waals surface area contributed by atoms with Gasteiger partial charge in [-0.1, -0.05) is 24.3 Å². The molecule has 242 valence electrons. The Morgan fingerprint density at radius 1 is 0.596 bits per heavy atom. The van der Waals surface area contributed by atoms with E-state index >= 15 is 0 Å². The normalized spacial score (nSPS) is 14.8. The third-order valence-corrected chi connectivity index (χ3v) is 8.26. The van der Waals surface area contributed by atoms with Gasteiger partial charge in [-0.05, 0) is 78.4 Å². The summed E-state index contributed by atoms with van der Waals surface area (Å²) in [6.45, 7) is 5.89. The van der Waals surface area contributed by atoms with Crippen LogP contribution < -0.4 is 31.5 Å². The van der Waals surface area contributed by atoms with Crippen molar-refractivity contribution < 1.29 is 23.9 Å². The SMILES string of the molecule is Nc1ccccc1NC(=O)c1ccc(C(C(=O)Nc2ccc(N3CCOCC3)cc2)C(=O)Nc2ccc(N3CCOCC3)cc2)cc1. The van der Waals surface area contributed by atoms with Crippen LogP contribution in [0.1, 0.15) is 21.8 Å². The molecule has 0 spiro atoms. The lowest BCUT2D eigenvalue weighted by atomic mass is 9.95. The van der Waals surface area contributed by atoms with Gasteiger partial charge in [0, 0.05) is 54.5 Å². The Hall–Kier alpha value is -5.39. The summed E-state index contributed by atoms with van der Waals surface area (Å²) < 4.78 is 10.9. The Labute approximate surface area is 273 Å². The van der Waals surface area contributed by atoms with Gasteiger partial charge in [0.25, 0.3) is 5.91 Å². The van der Waals surface area contributed by atoms with E-state index in [9.17, 15) is 14.4 Å². The van der Waals surface area contributed by atoms with Crippen molar-refractivity contribution >= 4 is 51.8 Å². The highest BCUT2D eigenvalue weighted by Gasteiger charge is 2.29. The lowest BCUT2D eigenvalue weighted by Gasteiger charge is -2.29. The molecule has 0 aliphatic carbocycles. The van der Waals surface area contributed by atoms with E-state index < -0.39 is 17.7 Å². The minimum Gasteiger partial charge on any atom is -0.397 e. The van der Waals surface area contributed by atoms with E-state index in [2.05, 4.69) is 25.8 Å². The van der Waals surface area contributed by atoms with Crippen molar-refractivity contribution in [3.05, 3.63) is 108 Å². The van der Waals surface area contributed by atoms with Gasteiger partial charge in [-0.15, -0.1) is 0 Å². The number of carbonyl (C=O) groups is 3. The highest BCUT2D eigenvalue weighted by Crippen LogP contribution is 2.26. The van der Waals surface area contributed by atoms with Gasteiger partial charge in [0.2, 0.25) is 11.8 Å². The number of nitrogens with zero attached hydrogens (tertiary/aromatic N) is 2. The van der Waals surface area contributed by atoms with Crippen LogP contribution in [0.15, 0.2) is 97.1 Å². The predicted octanol–water partition coefficient (Wildman–Crippen LogP) is 4.56. The van der Waals surface area contributed by atoms with E-state index in [-0.39, 0.29) is 5.91 Å². The van der Waals surface area contributed by atoms with Crippen molar-refractivity contribution in [3.63, 3.8) is 0 Å². The molecule has 2 heterocycles. The summed E-state index contributed by atoms with van der Waals surface area (Å²) in [6, 6.07) is 28.5. The maximum absolute atomic E-state index is 13.8. The van der Waals surface area contributed by atoms with Crippen LogP contribution in [0.2, 0.25) is 0 Å². The van der Waals surface area contributed by atoms with Crippen LogP contribution in [0.5, 0.6) is 0 Å². The van der Waals surface area contributed by atoms with Crippen molar-refractivity contribution in [2.75, 3.05) is 84.1 Å². The summed E-state index contributed by atoms with van der Waals surface area (Å²) in [6.07, 6.45) is 0. The molecule has 2 saturated heterocycles. The van der Waals surface area contributed by atoms with Crippen LogP contribution in [0.4, 0.5) is 34.1 Å². The summed E-state index contributed by atoms with van der Waals surface area (Å²) in [4.78, 5) is 44.9.